The standard InChI is InChI=1S/C10H11IN2O4/c1-16-8-3-6(4-13-12)2-7(11)10(8)17-5-9(14)15/h2-4H,5,12H2,1H3,(H,14,15). The van der Waals surface area contributed by atoms with Crippen molar-refractivity contribution in [1.29, 1.82) is 0 Å². The molecule has 1 rings (SSSR count). The molecule has 7 heteroatoms. The predicted octanol–water partition coefficient (Wildman–Crippen LogP) is 1.06. The number of aliphatic carboxylic acids is 1. The smallest absolute Gasteiger partial charge is 0.341 e. The molecule has 0 saturated carbocycles. The molecule has 0 fully saturated rings. The van der Waals surface area contributed by atoms with Gasteiger partial charge in [-0.25, -0.2) is 4.79 Å². The van der Waals surface area contributed by atoms with Crippen molar-refractivity contribution in [2.45, 2.75) is 0 Å². The van der Waals surface area contributed by atoms with Crippen LogP contribution in [0.2, 0.25) is 0 Å². The fraction of sp³-hybridized carbons (Fsp3) is 0.200. The van der Waals surface area contributed by atoms with Crippen LogP contribution in [0.25, 0.3) is 0 Å². The molecule has 0 heterocycles. The van der Waals surface area contributed by atoms with Crippen molar-refractivity contribution in [3.63, 3.8) is 0 Å². The number of rotatable bonds is 5. The Labute approximate surface area is 112 Å². The van der Waals surface area contributed by atoms with Gasteiger partial charge in [0.05, 0.1) is 16.9 Å². The van der Waals surface area contributed by atoms with Crippen LogP contribution in [-0.2, 0) is 4.79 Å². The molecule has 0 bridgehead atoms. The lowest BCUT2D eigenvalue weighted by Crippen LogP contribution is -2.11. The maximum Gasteiger partial charge on any atom is 0.341 e. The minimum atomic E-state index is -1.05. The van der Waals surface area contributed by atoms with Gasteiger partial charge in [-0.05, 0) is 40.3 Å². The van der Waals surface area contributed by atoms with Crippen LogP contribution >= 0.6 is 22.6 Å². The summed E-state index contributed by atoms with van der Waals surface area (Å²) in [4.78, 5) is 10.4. The van der Waals surface area contributed by atoms with Gasteiger partial charge < -0.3 is 20.4 Å². The van der Waals surface area contributed by atoms with Gasteiger partial charge in [-0.1, -0.05) is 0 Å². The summed E-state index contributed by atoms with van der Waals surface area (Å²) in [6.45, 7) is -0.420. The minimum Gasteiger partial charge on any atom is -0.493 e. The number of ether oxygens (including phenoxy) is 2. The summed E-state index contributed by atoms with van der Waals surface area (Å²) in [6, 6.07) is 3.42. The van der Waals surface area contributed by atoms with Gasteiger partial charge in [-0.2, -0.15) is 5.10 Å². The van der Waals surface area contributed by atoms with Gasteiger partial charge in [-0.3, -0.25) is 0 Å². The van der Waals surface area contributed by atoms with Crippen molar-refractivity contribution >= 4 is 34.8 Å². The summed E-state index contributed by atoms with van der Waals surface area (Å²) in [5.74, 6) is 4.84. The lowest BCUT2D eigenvalue weighted by Gasteiger charge is -2.11. The Morgan fingerprint density at radius 1 is 1.65 bits per heavy atom. The molecule has 0 aliphatic carbocycles. The molecular formula is C10H11IN2O4. The molecule has 3 N–H and O–H groups in total. The Hall–Kier alpha value is -1.51. The average Bonchev–Trinajstić information content (AvgIpc) is 2.27. The zero-order valence-corrected chi connectivity index (χ0v) is 11.2. The molecule has 6 nitrogen and oxygen atoms in total. The van der Waals surface area contributed by atoms with E-state index >= 15 is 0 Å². The van der Waals surface area contributed by atoms with E-state index in [1.807, 2.05) is 22.6 Å². The average molecular weight is 350 g/mol. The summed E-state index contributed by atoms with van der Waals surface area (Å²) in [6.07, 6.45) is 1.46. The first-order valence-corrected chi connectivity index (χ1v) is 5.61. The molecule has 0 unspecified atom stereocenters. The lowest BCUT2D eigenvalue weighted by molar-refractivity contribution is -0.139. The molecule has 0 aromatic heterocycles. The highest BCUT2D eigenvalue weighted by Gasteiger charge is 2.12. The number of hydrogen-bond acceptors (Lipinski definition) is 5. The number of hydrogen-bond donors (Lipinski definition) is 2. The maximum absolute atomic E-state index is 10.4. The van der Waals surface area contributed by atoms with Crippen LogP contribution in [0.3, 0.4) is 0 Å². The Morgan fingerprint density at radius 3 is 2.88 bits per heavy atom. The molecule has 0 radical (unpaired) electrons. The number of benzene rings is 1. The van der Waals surface area contributed by atoms with Gasteiger partial charge in [-0.15, -0.1) is 0 Å². The first-order valence-electron chi connectivity index (χ1n) is 4.54. The van der Waals surface area contributed by atoms with E-state index in [4.69, 9.17) is 20.4 Å². The molecule has 1 aromatic rings. The number of carbonyl (C=O) groups is 1. The Morgan fingerprint density at radius 2 is 2.35 bits per heavy atom. The van der Waals surface area contributed by atoms with Crippen LogP contribution in [0.5, 0.6) is 11.5 Å². The summed E-state index contributed by atoms with van der Waals surface area (Å²) >= 11 is 2.02. The number of methoxy groups -OCH3 is 1. The number of carboxylic acids is 1. The zero-order chi connectivity index (χ0) is 12.8. The molecule has 0 amide bonds. The summed E-state index contributed by atoms with van der Waals surface area (Å²) in [5, 5.41) is 12.0. The van der Waals surface area contributed by atoms with E-state index in [0.29, 0.717) is 11.5 Å². The number of hydrazone groups is 1. The van der Waals surface area contributed by atoms with E-state index < -0.39 is 12.6 Å². The quantitative estimate of drug-likeness (QED) is 0.358. The molecule has 0 spiro atoms. The van der Waals surface area contributed by atoms with Crippen LogP contribution in [0.15, 0.2) is 17.2 Å². The third-order valence-corrected chi connectivity index (χ3v) is 2.62. The monoisotopic (exact) mass is 350 g/mol. The van der Waals surface area contributed by atoms with Gasteiger partial charge >= 0.3 is 5.97 Å². The fourth-order valence-electron chi connectivity index (χ4n) is 1.17. The normalized spacial score (nSPS) is 10.5. The van der Waals surface area contributed by atoms with Gasteiger partial charge in [0.1, 0.15) is 0 Å². The van der Waals surface area contributed by atoms with E-state index in [0.717, 1.165) is 9.13 Å². The molecule has 0 aliphatic heterocycles. The molecule has 0 aliphatic rings. The van der Waals surface area contributed by atoms with Gasteiger partial charge in [0, 0.05) is 0 Å². The van der Waals surface area contributed by atoms with Crippen molar-refractivity contribution < 1.29 is 19.4 Å². The molecular weight excluding hydrogens is 339 g/mol. The molecule has 17 heavy (non-hydrogen) atoms. The largest absolute Gasteiger partial charge is 0.493 e. The van der Waals surface area contributed by atoms with Crippen LogP contribution < -0.4 is 15.3 Å². The molecule has 1 aromatic carbocycles. The second kappa shape index (κ2) is 6.28. The van der Waals surface area contributed by atoms with Crippen LogP contribution in [0, 0.1) is 3.57 Å². The van der Waals surface area contributed by atoms with Gasteiger partial charge in [0.2, 0.25) is 0 Å². The van der Waals surface area contributed by atoms with Crippen molar-refractivity contribution in [1.82, 2.24) is 0 Å². The summed E-state index contributed by atoms with van der Waals surface area (Å²) in [7, 11) is 1.47. The number of nitrogens with zero attached hydrogens (tertiary/aromatic N) is 1. The fourth-order valence-corrected chi connectivity index (χ4v) is 1.96. The molecule has 0 saturated heterocycles. The van der Waals surface area contributed by atoms with Gasteiger partial charge in [0.15, 0.2) is 18.1 Å². The zero-order valence-electron chi connectivity index (χ0n) is 9.01. The van der Waals surface area contributed by atoms with Gasteiger partial charge in [0.25, 0.3) is 0 Å². The van der Waals surface area contributed by atoms with Crippen molar-refractivity contribution in [2.24, 2.45) is 10.9 Å². The van der Waals surface area contributed by atoms with Crippen LogP contribution in [-0.4, -0.2) is 31.0 Å². The first-order chi connectivity index (χ1) is 8.08. The highest BCUT2D eigenvalue weighted by molar-refractivity contribution is 14.1. The maximum atomic E-state index is 10.4. The van der Waals surface area contributed by atoms with Crippen LogP contribution in [0.4, 0.5) is 0 Å². The van der Waals surface area contributed by atoms with Crippen LogP contribution in [0.1, 0.15) is 5.56 Å². The SMILES string of the molecule is COc1cc(C=NN)cc(I)c1OCC(=O)O. The number of nitrogens with two attached hydrogens (primary N) is 1. The molecule has 92 valence electrons. The lowest BCUT2D eigenvalue weighted by atomic mass is 10.2. The van der Waals surface area contributed by atoms with E-state index in [1.165, 1.54) is 13.3 Å². The van der Waals surface area contributed by atoms with Crippen molar-refractivity contribution in [3.8, 4) is 11.5 Å². The highest BCUT2D eigenvalue weighted by atomic mass is 127. The topological polar surface area (TPSA) is 94.1 Å². The highest BCUT2D eigenvalue weighted by Crippen LogP contribution is 2.33. The number of halogens is 1. The third kappa shape index (κ3) is 3.77. The second-order valence-electron chi connectivity index (χ2n) is 2.99. The van der Waals surface area contributed by atoms with E-state index in [9.17, 15) is 4.79 Å². The Balaban J connectivity index is 3.07. The third-order valence-electron chi connectivity index (χ3n) is 1.82. The van der Waals surface area contributed by atoms with Crippen molar-refractivity contribution in [2.75, 3.05) is 13.7 Å². The molecule has 0 atom stereocenters. The van der Waals surface area contributed by atoms with Crippen molar-refractivity contribution in [3.05, 3.63) is 21.3 Å². The van der Waals surface area contributed by atoms with E-state index in [1.54, 1.807) is 12.1 Å². The van der Waals surface area contributed by atoms with E-state index in [2.05, 4.69) is 5.10 Å². The first kappa shape index (κ1) is 13.6. The Bertz CT molecular complexity index is 448. The predicted molar refractivity (Wildman–Crippen MR) is 70.6 cm³/mol. The second-order valence-corrected chi connectivity index (χ2v) is 4.16. The van der Waals surface area contributed by atoms with E-state index in [-0.39, 0.29) is 0 Å². The minimum absolute atomic E-state index is 0.393. The summed E-state index contributed by atoms with van der Waals surface area (Å²) in [5.41, 5.74) is 0.747. The number of carboxylic acid groups (broad SMARTS) is 1. The Kier molecular flexibility index (Phi) is 5.01. The summed E-state index contributed by atoms with van der Waals surface area (Å²) < 4.78 is 11.0.